The molecule has 0 aliphatic carbocycles. The standard InChI is InChI=1S/C17H24O3/c1-3-15-5-7-16(8-6-15)11-18-9-10-19-12-17(4-2)13-20-14-17/h3,5-8H,1,4,9-14H2,2H3. The van der Waals surface area contributed by atoms with Crippen LogP contribution < -0.4 is 0 Å². The van der Waals surface area contributed by atoms with Gasteiger partial charge in [-0.2, -0.15) is 0 Å². The second kappa shape index (κ2) is 7.58. The summed E-state index contributed by atoms with van der Waals surface area (Å²) in [5.74, 6) is 0. The van der Waals surface area contributed by atoms with Crippen LogP contribution in [0.25, 0.3) is 6.08 Å². The summed E-state index contributed by atoms with van der Waals surface area (Å²) in [6.07, 6.45) is 2.95. The predicted molar refractivity (Wildman–Crippen MR) is 80.6 cm³/mol. The second-order valence-electron chi connectivity index (χ2n) is 5.40. The molecule has 0 spiro atoms. The van der Waals surface area contributed by atoms with E-state index in [4.69, 9.17) is 14.2 Å². The monoisotopic (exact) mass is 276 g/mol. The Bertz CT molecular complexity index is 401. The molecule has 2 rings (SSSR count). The first-order chi connectivity index (χ1) is 9.78. The van der Waals surface area contributed by atoms with E-state index in [1.54, 1.807) is 0 Å². The quantitative estimate of drug-likeness (QED) is 0.648. The second-order valence-corrected chi connectivity index (χ2v) is 5.40. The van der Waals surface area contributed by atoms with Crippen LogP contribution in [0.2, 0.25) is 0 Å². The molecule has 1 heterocycles. The Kier molecular flexibility index (Phi) is 5.77. The van der Waals surface area contributed by atoms with Crippen LogP contribution in [0.4, 0.5) is 0 Å². The number of benzene rings is 1. The van der Waals surface area contributed by atoms with Crippen molar-refractivity contribution in [1.82, 2.24) is 0 Å². The molecule has 1 aliphatic heterocycles. The minimum atomic E-state index is 0.264. The van der Waals surface area contributed by atoms with E-state index in [9.17, 15) is 0 Å². The first kappa shape index (κ1) is 15.2. The summed E-state index contributed by atoms with van der Waals surface area (Å²) in [6.45, 7) is 10.3. The first-order valence-electron chi connectivity index (χ1n) is 7.23. The molecule has 1 aromatic carbocycles. The highest BCUT2D eigenvalue weighted by Gasteiger charge is 2.36. The highest BCUT2D eigenvalue weighted by atomic mass is 16.5. The van der Waals surface area contributed by atoms with Crippen LogP contribution >= 0.6 is 0 Å². The summed E-state index contributed by atoms with van der Waals surface area (Å²) >= 11 is 0. The number of ether oxygens (including phenoxy) is 3. The Labute approximate surface area is 121 Å². The third-order valence-corrected chi connectivity index (χ3v) is 3.83. The van der Waals surface area contributed by atoms with Crippen LogP contribution in [0.5, 0.6) is 0 Å². The summed E-state index contributed by atoms with van der Waals surface area (Å²) in [7, 11) is 0. The molecule has 110 valence electrons. The molecule has 0 unspecified atom stereocenters. The zero-order chi connectivity index (χ0) is 14.3. The highest BCUT2D eigenvalue weighted by Crippen LogP contribution is 2.31. The third kappa shape index (κ3) is 4.17. The van der Waals surface area contributed by atoms with E-state index in [1.165, 1.54) is 5.56 Å². The summed E-state index contributed by atoms with van der Waals surface area (Å²) in [5.41, 5.74) is 2.57. The number of hydrogen-bond acceptors (Lipinski definition) is 3. The molecule has 0 bridgehead atoms. The van der Waals surface area contributed by atoms with Gasteiger partial charge in [-0.1, -0.05) is 43.8 Å². The lowest BCUT2D eigenvalue weighted by molar-refractivity contribution is -0.153. The van der Waals surface area contributed by atoms with Crippen LogP contribution in [-0.2, 0) is 20.8 Å². The van der Waals surface area contributed by atoms with Crippen molar-refractivity contribution in [3.05, 3.63) is 42.0 Å². The van der Waals surface area contributed by atoms with Crippen molar-refractivity contribution in [2.75, 3.05) is 33.0 Å². The van der Waals surface area contributed by atoms with Crippen molar-refractivity contribution in [3.8, 4) is 0 Å². The third-order valence-electron chi connectivity index (χ3n) is 3.83. The van der Waals surface area contributed by atoms with Crippen LogP contribution in [0.1, 0.15) is 24.5 Å². The van der Waals surface area contributed by atoms with Gasteiger partial charge in [-0.05, 0) is 17.5 Å². The average molecular weight is 276 g/mol. The van der Waals surface area contributed by atoms with Gasteiger partial charge < -0.3 is 14.2 Å². The molecule has 0 aromatic heterocycles. The van der Waals surface area contributed by atoms with Crippen LogP contribution in [0.3, 0.4) is 0 Å². The molecular formula is C17H24O3. The number of hydrogen-bond donors (Lipinski definition) is 0. The molecule has 0 saturated carbocycles. The van der Waals surface area contributed by atoms with E-state index in [0.29, 0.717) is 19.8 Å². The minimum absolute atomic E-state index is 0.264. The normalized spacial score (nSPS) is 16.6. The van der Waals surface area contributed by atoms with Gasteiger partial charge in [0.2, 0.25) is 0 Å². The molecule has 0 amide bonds. The van der Waals surface area contributed by atoms with E-state index in [-0.39, 0.29) is 5.41 Å². The van der Waals surface area contributed by atoms with Gasteiger partial charge in [0, 0.05) is 5.41 Å². The molecule has 1 aromatic rings. The highest BCUT2D eigenvalue weighted by molar-refractivity contribution is 5.47. The summed E-state index contributed by atoms with van der Waals surface area (Å²) in [5, 5.41) is 0. The zero-order valence-electron chi connectivity index (χ0n) is 12.3. The molecule has 3 heteroatoms. The van der Waals surface area contributed by atoms with Crippen LogP contribution in [0, 0.1) is 5.41 Å². The fourth-order valence-corrected chi connectivity index (χ4v) is 2.13. The van der Waals surface area contributed by atoms with E-state index in [1.807, 2.05) is 18.2 Å². The average Bonchev–Trinajstić information content (AvgIpc) is 2.45. The summed E-state index contributed by atoms with van der Waals surface area (Å²) < 4.78 is 16.6. The SMILES string of the molecule is C=Cc1ccc(COCCOCC2(CC)COC2)cc1. The summed E-state index contributed by atoms with van der Waals surface area (Å²) in [6, 6.07) is 8.22. The molecule has 0 N–H and O–H groups in total. The number of rotatable bonds is 9. The van der Waals surface area contributed by atoms with Crippen molar-refractivity contribution in [2.24, 2.45) is 5.41 Å². The summed E-state index contributed by atoms with van der Waals surface area (Å²) in [4.78, 5) is 0. The van der Waals surface area contributed by atoms with Gasteiger partial charge in [-0.3, -0.25) is 0 Å². The van der Waals surface area contributed by atoms with Crippen LogP contribution in [0.15, 0.2) is 30.8 Å². The van der Waals surface area contributed by atoms with Crippen molar-refractivity contribution in [2.45, 2.75) is 20.0 Å². The van der Waals surface area contributed by atoms with Gasteiger partial charge in [0.05, 0.1) is 39.6 Å². The molecule has 0 radical (unpaired) electrons. The largest absolute Gasteiger partial charge is 0.380 e. The fraction of sp³-hybridized carbons (Fsp3) is 0.529. The minimum Gasteiger partial charge on any atom is -0.380 e. The van der Waals surface area contributed by atoms with Crippen molar-refractivity contribution >= 4 is 6.08 Å². The smallest absolute Gasteiger partial charge is 0.0718 e. The molecule has 1 saturated heterocycles. The predicted octanol–water partition coefficient (Wildman–Crippen LogP) is 3.29. The van der Waals surface area contributed by atoms with E-state index < -0.39 is 0 Å². The van der Waals surface area contributed by atoms with Crippen molar-refractivity contribution in [3.63, 3.8) is 0 Å². The molecular weight excluding hydrogens is 252 g/mol. The molecule has 0 atom stereocenters. The molecule has 1 fully saturated rings. The Morgan fingerprint density at radius 3 is 2.45 bits per heavy atom. The van der Waals surface area contributed by atoms with E-state index in [0.717, 1.165) is 31.8 Å². The lowest BCUT2D eigenvalue weighted by atomic mass is 9.84. The Morgan fingerprint density at radius 1 is 1.20 bits per heavy atom. The maximum Gasteiger partial charge on any atom is 0.0718 e. The van der Waals surface area contributed by atoms with Gasteiger partial charge in [0.25, 0.3) is 0 Å². The lowest BCUT2D eigenvalue weighted by Crippen LogP contribution is -2.45. The first-order valence-corrected chi connectivity index (χ1v) is 7.23. The van der Waals surface area contributed by atoms with Crippen molar-refractivity contribution < 1.29 is 14.2 Å². The zero-order valence-corrected chi connectivity index (χ0v) is 12.3. The molecule has 1 aliphatic rings. The lowest BCUT2D eigenvalue weighted by Gasteiger charge is -2.40. The Balaban J connectivity index is 1.56. The van der Waals surface area contributed by atoms with E-state index >= 15 is 0 Å². The van der Waals surface area contributed by atoms with Gasteiger partial charge in [-0.15, -0.1) is 0 Å². The maximum absolute atomic E-state index is 5.69. The van der Waals surface area contributed by atoms with Gasteiger partial charge >= 0.3 is 0 Å². The maximum atomic E-state index is 5.69. The van der Waals surface area contributed by atoms with Gasteiger partial charge in [-0.25, -0.2) is 0 Å². The Morgan fingerprint density at radius 2 is 1.90 bits per heavy atom. The molecule has 3 nitrogen and oxygen atoms in total. The van der Waals surface area contributed by atoms with Gasteiger partial charge in [0.15, 0.2) is 0 Å². The topological polar surface area (TPSA) is 27.7 Å². The fourth-order valence-electron chi connectivity index (χ4n) is 2.13. The van der Waals surface area contributed by atoms with Crippen molar-refractivity contribution in [1.29, 1.82) is 0 Å². The Hall–Kier alpha value is -1.16. The van der Waals surface area contributed by atoms with Gasteiger partial charge in [0.1, 0.15) is 0 Å². The van der Waals surface area contributed by atoms with E-state index in [2.05, 4.69) is 25.6 Å². The van der Waals surface area contributed by atoms with Crippen LogP contribution in [-0.4, -0.2) is 33.0 Å². The molecule has 20 heavy (non-hydrogen) atoms.